The van der Waals surface area contributed by atoms with Crippen LogP contribution in [0.3, 0.4) is 0 Å². The van der Waals surface area contributed by atoms with Crippen LogP contribution in [0.1, 0.15) is 38.7 Å². The quantitative estimate of drug-likeness (QED) is 0.829. The second kappa shape index (κ2) is 5.10. The van der Waals surface area contributed by atoms with Gasteiger partial charge in [-0.2, -0.15) is 0 Å². The molecule has 5 nitrogen and oxygen atoms in total. The molecule has 0 bridgehead atoms. The molecule has 1 aromatic heterocycles. The van der Waals surface area contributed by atoms with Crippen molar-refractivity contribution in [1.82, 2.24) is 9.97 Å². The molecule has 0 amide bonds. The van der Waals surface area contributed by atoms with Crippen LogP contribution >= 0.6 is 0 Å². The summed E-state index contributed by atoms with van der Waals surface area (Å²) >= 11 is 0. The molecule has 0 aliphatic carbocycles. The van der Waals surface area contributed by atoms with Crippen molar-refractivity contribution in [1.29, 1.82) is 0 Å². The summed E-state index contributed by atoms with van der Waals surface area (Å²) in [7, 11) is 0. The summed E-state index contributed by atoms with van der Waals surface area (Å²) in [4.78, 5) is 10.7. The summed E-state index contributed by atoms with van der Waals surface area (Å²) in [5, 5.41) is 9.79. The Bertz CT molecular complexity index is 421. The molecule has 0 saturated carbocycles. The summed E-state index contributed by atoms with van der Waals surface area (Å²) in [6.45, 7) is 7.90. The Kier molecular flexibility index (Phi) is 3.71. The van der Waals surface area contributed by atoms with E-state index in [1.807, 2.05) is 0 Å². The number of aliphatic hydroxyl groups excluding tert-OH is 1. The number of hydrogen-bond acceptors (Lipinski definition) is 5. The van der Waals surface area contributed by atoms with Crippen LogP contribution in [0, 0.1) is 5.92 Å². The predicted molar refractivity (Wildman–Crippen MR) is 72.5 cm³/mol. The zero-order valence-electron chi connectivity index (χ0n) is 11.3. The van der Waals surface area contributed by atoms with Gasteiger partial charge < -0.3 is 15.7 Å². The van der Waals surface area contributed by atoms with E-state index in [-0.39, 0.29) is 12.0 Å². The van der Waals surface area contributed by atoms with E-state index in [2.05, 4.69) is 35.6 Å². The molecule has 100 valence electrons. The van der Waals surface area contributed by atoms with Crippen molar-refractivity contribution in [2.45, 2.75) is 39.2 Å². The minimum absolute atomic E-state index is 0.206. The summed E-state index contributed by atoms with van der Waals surface area (Å²) in [5.41, 5.74) is 6.98. The molecule has 18 heavy (non-hydrogen) atoms. The second-order valence-corrected chi connectivity index (χ2v) is 5.43. The van der Waals surface area contributed by atoms with E-state index < -0.39 is 0 Å². The summed E-state index contributed by atoms with van der Waals surface area (Å²) in [6, 6.07) is 0. The molecular weight excluding hydrogens is 228 g/mol. The average Bonchev–Trinajstić information content (AvgIpc) is 2.32. The van der Waals surface area contributed by atoms with E-state index in [1.165, 1.54) is 6.33 Å². The van der Waals surface area contributed by atoms with Crippen molar-refractivity contribution in [2.24, 2.45) is 5.92 Å². The molecule has 2 unspecified atom stereocenters. The minimum Gasteiger partial charge on any atom is -0.393 e. The van der Waals surface area contributed by atoms with Crippen LogP contribution < -0.4 is 10.6 Å². The van der Waals surface area contributed by atoms with E-state index >= 15 is 0 Å². The molecule has 0 aromatic carbocycles. The van der Waals surface area contributed by atoms with Gasteiger partial charge in [-0.3, -0.25) is 0 Å². The highest BCUT2D eigenvalue weighted by Gasteiger charge is 2.27. The number of nitrogens with zero attached hydrogens (tertiary/aromatic N) is 3. The van der Waals surface area contributed by atoms with Crippen molar-refractivity contribution in [3.05, 3.63) is 11.9 Å². The normalized spacial score (nSPS) is 24.6. The first-order valence-corrected chi connectivity index (χ1v) is 6.54. The van der Waals surface area contributed by atoms with Crippen molar-refractivity contribution in [2.75, 3.05) is 23.7 Å². The molecule has 5 heteroatoms. The Labute approximate surface area is 108 Å². The number of nitrogens with two attached hydrogens (primary N) is 1. The fourth-order valence-electron chi connectivity index (χ4n) is 2.53. The van der Waals surface area contributed by atoms with Crippen LogP contribution in [0.25, 0.3) is 0 Å². The van der Waals surface area contributed by atoms with Crippen molar-refractivity contribution in [3.63, 3.8) is 0 Å². The van der Waals surface area contributed by atoms with Crippen LogP contribution in [0.2, 0.25) is 0 Å². The van der Waals surface area contributed by atoms with E-state index in [0.29, 0.717) is 11.7 Å². The largest absolute Gasteiger partial charge is 0.393 e. The van der Waals surface area contributed by atoms with E-state index in [9.17, 15) is 5.11 Å². The van der Waals surface area contributed by atoms with E-state index in [0.717, 1.165) is 30.9 Å². The Hall–Kier alpha value is -1.36. The molecular formula is C13H22N4O. The molecule has 2 rings (SSSR count). The van der Waals surface area contributed by atoms with Gasteiger partial charge >= 0.3 is 0 Å². The van der Waals surface area contributed by atoms with Crippen molar-refractivity contribution >= 4 is 11.6 Å². The summed E-state index contributed by atoms with van der Waals surface area (Å²) in [5.74, 6) is 2.04. The topological polar surface area (TPSA) is 75.3 Å². The standard InChI is InChI=1S/C13H22N4O/c1-8(2)11-12(14)15-7-16-13(11)17-5-4-10(18)9(3)6-17/h7-10,18H,4-6H2,1-3H3,(H2,14,15,16). The lowest BCUT2D eigenvalue weighted by Gasteiger charge is -2.36. The van der Waals surface area contributed by atoms with Gasteiger partial charge in [0.05, 0.1) is 6.10 Å². The molecule has 2 heterocycles. The van der Waals surface area contributed by atoms with Crippen molar-refractivity contribution < 1.29 is 5.11 Å². The fourth-order valence-corrected chi connectivity index (χ4v) is 2.53. The van der Waals surface area contributed by atoms with Gasteiger partial charge in [0, 0.05) is 18.7 Å². The maximum atomic E-state index is 9.79. The lowest BCUT2D eigenvalue weighted by Crippen LogP contribution is -2.42. The maximum absolute atomic E-state index is 9.79. The molecule has 3 N–H and O–H groups in total. The van der Waals surface area contributed by atoms with Crippen LogP contribution in [-0.2, 0) is 0 Å². The Morgan fingerprint density at radius 1 is 1.44 bits per heavy atom. The lowest BCUT2D eigenvalue weighted by molar-refractivity contribution is 0.0968. The number of nitrogen functional groups attached to an aromatic ring is 1. The third-order valence-electron chi connectivity index (χ3n) is 3.63. The second-order valence-electron chi connectivity index (χ2n) is 5.43. The highest BCUT2D eigenvalue weighted by Crippen LogP contribution is 2.31. The third-order valence-corrected chi connectivity index (χ3v) is 3.63. The number of hydrogen-bond donors (Lipinski definition) is 2. The van der Waals surface area contributed by atoms with Gasteiger partial charge in [0.2, 0.25) is 0 Å². The first-order valence-electron chi connectivity index (χ1n) is 6.54. The first kappa shape index (κ1) is 13.1. The highest BCUT2D eigenvalue weighted by atomic mass is 16.3. The molecule has 1 aliphatic rings. The minimum atomic E-state index is -0.206. The maximum Gasteiger partial charge on any atom is 0.137 e. The smallest absolute Gasteiger partial charge is 0.137 e. The van der Waals surface area contributed by atoms with Crippen molar-refractivity contribution in [3.8, 4) is 0 Å². The summed E-state index contributed by atoms with van der Waals surface area (Å²) < 4.78 is 0. The molecule has 1 fully saturated rings. The number of piperidine rings is 1. The SMILES string of the molecule is CC(C)c1c(N)ncnc1N1CCC(O)C(C)C1. The van der Waals surface area contributed by atoms with Gasteiger partial charge in [-0.05, 0) is 18.3 Å². The van der Waals surface area contributed by atoms with Crippen LogP contribution in [0.4, 0.5) is 11.6 Å². The predicted octanol–water partition coefficient (Wildman–Crippen LogP) is 1.39. The first-order chi connectivity index (χ1) is 8.50. The van der Waals surface area contributed by atoms with E-state index in [4.69, 9.17) is 5.73 Å². The zero-order valence-corrected chi connectivity index (χ0v) is 11.3. The van der Waals surface area contributed by atoms with Gasteiger partial charge in [0.25, 0.3) is 0 Å². The molecule has 0 radical (unpaired) electrons. The molecule has 1 saturated heterocycles. The van der Waals surface area contributed by atoms with Gasteiger partial charge in [-0.25, -0.2) is 9.97 Å². The average molecular weight is 250 g/mol. The summed E-state index contributed by atoms with van der Waals surface area (Å²) in [6.07, 6.45) is 2.09. The number of rotatable bonds is 2. The third kappa shape index (κ3) is 2.41. The Balaban J connectivity index is 2.31. The van der Waals surface area contributed by atoms with Gasteiger partial charge in [-0.1, -0.05) is 20.8 Å². The van der Waals surface area contributed by atoms with Gasteiger partial charge in [0.1, 0.15) is 18.0 Å². The number of aromatic nitrogens is 2. The van der Waals surface area contributed by atoms with Crippen LogP contribution in [0.15, 0.2) is 6.33 Å². The fraction of sp³-hybridized carbons (Fsp3) is 0.692. The molecule has 0 spiro atoms. The number of anilines is 2. The van der Waals surface area contributed by atoms with Gasteiger partial charge in [0.15, 0.2) is 0 Å². The number of aliphatic hydroxyl groups is 1. The lowest BCUT2D eigenvalue weighted by atomic mass is 9.95. The zero-order chi connectivity index (χ0) is 13.3. The molecule has 1 aliphatic heterocycles. The molecule has 2 atom stereocenters. The highest BCUT2D eigenvalue weighted by molar-refractivity contribution is 5.58. The Morgan fingerprint density at radius 2 is 2.17 bits per heavy atom. The Morgan fingerprint density at radius 3 is 2.78 bits per heavy atom. The van der Waals surface area contributed by atoms with Gasteiger partial charge in [-0.15, -0.1) is 0 Å². The monoisotopic (exact) mass is 250 g/mol. The van der Waals surface area contributed by atoms with Crippen LogP contribution in [0.5, 0.6) is 0 Å². The van der Waals surface area contributed by atoms with Crippen LogP contribution in [-0.4, -0.2) is 34.3 Å². The van der Waals surface area contributed by atoms with E-state index in [1.54, 1.807) is 0 Å². The molecule has 1 aromatic rings.